The van der Waals surface area contributed by atoms with Crippen LogP contribution in [0.2, 0.25) is 0 Å². The van der Waals surface area contributed by atoms with E-state index in [1.54, 1.807) is 26.4 Å². The Bertz CT molecular complexity index is 984. The van der Waals surface area contributed by atoms with E-state index in [1.165, 1.54) is 6.08 Å². The Morgan fingerprint density at radius 2 is 1.90 bits per heavy atom. The van der Waals surface area contributed by atoms with E-state index in [9.17, 15) is 14.9 Å². The molecule has 31 heavy (non-hydrogen) atoms. The van der Waals surface area contributed by atoms with Gasteiger partial charge in [0.1, 0.15) is 17.4 Å². The van der Waals surface area contributed by atoms with E-state index in [4.69, 9.17) is 14.2 Å². The van der Waals surface area contributed by atoms with Crippen LogP contribution < -0.4 is 10.1 Å². The van der Waals surface area contributed by atoms with E-state index in [1.807, 2.05) is 42.7 Å². The quantitative estimate of drug-likeness (QED) is 0.357. The third kappa shape index (κ3) is 6.73. The number of hydrogen-bond acceptors (Lipinski definition) is 6. The van der Waals surface area contributed by atoms with Gasteiger partial charge in [-0.2, -0.15) is 5.26 Å². The first kappa shape index (κ1) is 23.7. The third-order valence-electron chi connectivity index (χ3n) is 4.76. The second-order valence-electron chi connectivity index (χ2n) is 6.84. The lowest BCUT2D eigenvalue weighted by atomic mass is 10.1. The van der Waals surface area contributed by atoms with Gasteiger partial charge < -0.3 is 24.1 Å². The van der Waals surface area contributed by atoms with E-state index in [0.29, 0.717) is 13.2 Å². The van der Waals surface area contributed by atoms with E-state index in [-0.39, 0.29) is 12.1 Å². The van der Waals surface area contributed by atoms with Crippen molar-refractivity contribution in [2.75, 3.05) is 27.4 Å². The highest BCUT2D eigenvalue weighted by molar-refractivity contribution is 5.99. The minimum absolute atomic E-state index is 0.171. The van der Waals surface area contributed by atoms with Crippen LogP contribution in [0.4, 0.5) is 0 Å². The minimum Gasteiger partial charge on any atom is -0.497 e. The summed E-state index contributed by atoms with van der Waals surface area (Å²) in [6, 6.07) is 11.0. The predicted molar refractivity (Wildman–Crippen MR) is 115 cm³/mol. The van der Waals surface area contributed by atoms with Gasteiger partial charge in [-0.3, -0.25) is 4.79 Å². The van der Waals surface area contributed by atoms with Gasteiger partial charge in [0.2, 0.25) is 0 Å². The molecule has 1 amide bonds. The Kier molecular flexibility index (Phi) is 8.85. The second kappa shape index (κ2) is 11.6. The molecule has 8 nitrogen and oxygen atoms in total. The number of carbonyl (C=O) groups is 2. The first-order valence-corrected chi connectivity index (χ1v) is 9.73. The lowest BCUT2D eigenvalue weighted by molar-refractivity contribution is -0.144. The van der Waals surface area contributed by atoms with Gasteiger partial charge in [-0.15, -0.1) is 0 Å². The first-order valence-electron chi connectivity index (χ1n) is 9.73. The van der Waals surface area contributed by atoms with Crippen LogP contribution in [0, 0.1) is 25.2 Å². The number of aryl methyl sites for hydroxylation is 1. The summed E-state index contributed by atoms with van der Waals surface area (Å²) >= 11 is 0. The summed E-state index contributed by atoms with van der Waals surface area (Å²) in [4.78, 5) is 24.3. The van der Waals surface area contributed by atoms with Crippen molar-refractivity contribution in [2.24, 2.45) is 0 Å². The number of methoxy groups -OCH3 is 2. The molecule has 1 aromatic carbocycles. The van der Waals surface area contributed by atoms with Crippen LogP contribution in [0.3, 0.4) is 0 Å². The van der Waals surface area contributed by atoms with Crippen molar-refractivity contribution in [1.82, 2.24) is 9.88 Å². The van der Waals surface area contributed by atoms with Gasteiger partial charge in [-0.1, -0.05) is 12.1 Å². The largest absolute Gasteiger partial charge is 0.497 e. The fourth-order valence-corrected chi connectivity index (χ4v) is 3.00. The minimum atomic E-state index is -0.844. The Morgan fingerprint density at radius 1 is 1.19 bits per heavy atom. The molecule has 1 N–H and O–H groups in total. The molecule has 0 radical (unpaired) electrons. The number of nitrogens with one attached hydrogen (secondary N) is 1. The fraction of sp³-hybridized carbons (Fsp3) is 0.348. The fourth-order valence-electron chi connectivity index (χ4n) is 3.00. The van der Waals surface area contributed by atoms with E-state index in [2.05, 4.69) is 5.32 Å². The zero-order chi connectivity index (χ0) is 22.8. The highest BCUT2D eigenvalue weighted by atomic mass is 16.5. The average Bonchev–Trinajstić information content (AvgIpc) is 3.05. The lowest BCUT2D eigenvalue weighted by Crippen LogP contribution is -2.28. The molecule has 0 atom stereocenters. The smallest absolute Gasteiger partial charge is 0.349 e. The highest BCUT2D eigenvalue weighted by Gasteiger charge is 2.15. The number of hydrogen-bond donors (Lipinski definition) is 1. The summed E-state index contributed by atoms with van der Waals surface area (Å²) < 4.78 is 17.2. The molecule has 8 heteroatoms. The Morgan fingerprint density at radius 3 is 2.52 bits per heavy atom. The van der Waals surface area contributed by atoms with Crippen LogP contribution in [0.25, 0.3) is 6.08 Å². The number of esters is 1. The average molecular weight is 425 g/mol. The summed E-state index contributed by atoms with van der Waals surface area (Å²) in [7, 11) is 3.21. The van der Waals surface area contributed by atoms with E-state index >= 15 is 0 Å². The van der Waals surface area contributed by atoms with Crippen LogP contribution in [-0.2, 0) is 32.2 Å². The second-order valence-corrected chi connectivity index (χ2v) is 6.84. The summed E-state index contributed by atoms with van der Waals surface area (Å²) in [6.07, 6.45) is 1.48. The molecule has 0 bridgehead atoms. The Balaban J connectivity index is 1.93. The zero-order valence-corrected chi connectivity index (χ0v) is 18.2. The van der Waals surface area contributed by atoms with Crippen LogP contribution in [0.15, 0.2) is 35.9 Å². The number of nitriles is 1. The van der Waals surface area contributed by atoms with Gasteiger partial charge in [-0.25, -0.2) is 4.79 Å². The molecule has 0 saturated carbocycles. The van der Waals surface area contributed by atoms with Crippen LogP contribution in [0.5, 0.6) is 5.75 Å². The van der Waals surface area contributed by atoms with Gasteiger partial charge >= 0.3 is 5.97 Å². The molecule has 0 fully saturated rings. The first-order chi connectivity index (χ1) is 14.9. The molecule has 1 heterocycles. The molecule has 2 rings (SSSR count). The maximum atomic E-state index is 12.3. The lowest BCUT2D eigenvalue weighted by Gasteiger charge is -2.08. The molecule has 0 unspecified atom stereocenters. The molecule has 0 spiro atoms. The summed E-state index contributed by atoms with van der Waals surface area (Å²) in [5.41, 5.74) is 3.35. The number of amides is 1. The molecule has 0 aliphatic rings. The van der Waals surface area contributed by atoms with E-state index < -0.39 is 18.5 Å². The number of nitrogens with zero attached hydrogens (tertiary/aromatic N) is 2. The monoisotopic (exact) mass is 425 g/mol. The van der Waals surface area contributed by atoms with Crippen LogP contribution >= 0.6 is 0 Å². The van der Waals surface area contributed by atoms with Crippen molar-refractivity contribution in [3.05, 3.63) is 58.4 Å². The van der Waals surface area contributed by atoms with Crippen molar-refractivity contribution < 1.29 is 23.8 Å². The maximum absolute atomic E-state index is 12.3. The number of aromatic nitrogens is 1. The topological polar surface area (TPSA) is 103 Å². The van der Waals surface area contributed by atoms with Gasteiger partial charge in [-0.05, 0) is 49.2 Å². The molecule has 1 aromatic heterocycles. The molecule has 2 aromatic rings. The number of benzene rings is 1. The Hall–Kier alpha value is -3.57. The number of rotatable bonds is 10. The number of ether oxygens (including phenoxy) is 3. The normalized spacial score (nSPS) is 11.0. The van der Waals surface area contributed by atoms with Gasteiger partial charge in [0.25, 0.3) is 5.91 Å². The van der Waals surface area contributed by atoms with Crippen LogP contribution in [-0.4, -0.2) is 43.9 Å². The maximum Gasteiger partial charge on any atom is 0.349 e. The number of carbonyl (C=O) groups excluding carboxylic acids is 2. The third-order valence-corrected chi connectivity index (χ3v) is 4.76. The molecule has 0 saturated heterocycles. The van der Waals surface area contributed by atoms with Crippen molar-refractivity contribution in [3.8, 4) is 11.8 Å². The van der Waals surface area contributed by atoms with Gasteiger partial charge in [0, 0.05) is 31.6 Å². The van der Waals surface area contributed by atoms with Crippen molar-refractivity contribution in [1.29, 1.82) is 5.26 Å². The van der Waals surface area contributed by atoms with Crippen molar-refractivity contribution >= 4 is 18.0 Å². The van der Waals surface area contributed by atoms with Gasteiger partial charge in [0.05, 0.1) is 13.7 Å². The summed E-state index contributed by atoms with van der Waals surface area (Å²) in [5.74, 6) is -0.581. The van der Waals surface area contributed by atoms with E-state index in [0.717, 1.165) is 28.3 Å². The van der Waals surface area contributed by atoms with Gasteiger partial charge in [0.15, 0.2) is 6.61 Å². The zero-order valence-electron chi connectivity index (χ0n) is 18.2. The van der Waals surface area contributed by atoms with Crippen LogP contribution in [0.1, 0.15) is 22.5 Å². The summed E-state index contributed by atoms with van der Waals surface area (Å²) in [6.45, 7) is 4.88. The molecular formula is C23H27N3O5. The van der Waals surface area contributed by atoms with Crippen molar-refractivity contribution in [3.63, 3.8) is 0 Å². The SMILES string of the molecule is COCCn1c(C)cc(/C=C(\C#N)C(=O)OCC(=O)NCc2ccc(OC)cc2)c1C. The summed E-state index contributed by atoms with van der Waals surface area (Å²) in [5, 5.41) is 12.0. The Labute approximate surface area is 182 Å². The molecule has 164 valence electrons. The standard InChI is InChI=1S/C23H27N3O5/c1-16-11-19(17(2)26(16)9-10-29-3)12-20(13-24)23(28)31-15-22(27)25-14-18-5-7-21(30-4)8-6-18/h5-8,11-12H,9-10,14-15H2,1-4H3,(H,25,27)/b20-12+. The molecule has 0 aliphatic carbocycles. The predicted octanol–water partition coefficient (Wildman–Crippen LogP) is 2.53. The molecule has 0 aliphatic heterocycles. The van der Waals surface area contributed by atoms with Crippen molar-refractivity contribution in [2.45, 2.75) is 26.9 Å². The highest BCUT2D eigenvalue weighted by Crippen LogP contribution is 2.18. The molecular weight excluding hydrogens is 398 g/mol.